The van der Waals surface area contributed by atoms with Crippen LogP contribution in [-0.2, 0) is 10.0 Å². The molecule has 20 heavy (non-hydrogen) atoms. The van der Waals surface area contributed by atoms with Crippen molar-refractivity contribution in [3.8, 4) is 0 Å². The van der Waals surface area contributed by atoms with Crippen LogP contribution in [-0.4, -0.2) is 43.6 Å². The van der Waals surface area contributed by atoms with Gasteiger partial charge in [-0.15, -0.1) is 0 Å². The number of sulfonamides is 1. The molecule has 1 N–H and O–H groups in total. The molecule has 0 aromatic rings. The Morgan fingerprint density at radius 2 is 1.80 bits per heavy atom. The van der Waals surface area contributed by atoms with E-state index >= 15 is 0 Å². The fourth-order valence-electron chi connectivity index (χ4n) is 3.27. The lowest BCUT2D eigenvalue weighted by Gasteiger charge is -2.32. The molecule has 114 valence electrons. The third-order valence-corrected chi connectivity index (χ3v) is 7.23. The lowest BCUT2D eigenvalue weighted by atomic mass is 9.94. The number of nitrogens with zero attached hydrogens (tertiary/aromatic N) is 1. The number of hydrogen-bond acceptors (Lipinski definition) is 3. The second-order valence-electron chi connectivity index (χ2n) is 6.48. The van der Waals surface area contributed by atoms with Crippen LogP contribution >= 0.6 is 0 Å². The molecule has 0 aromatic heterocycles. The molecule has 0 amide bonds. The predicted molar refractivity (Wildman–Crippen MR) is 81.0 cm³/mol. The summed E-state index contributed by atoms with van der Waals surface area (Å²) in [7, 11) is -2.95. The summed E-state index contributed by atoms with van der Waals surface area (Å²) in [6.07, 6.45) is 11.9. The molecule has 0 spiro atoms. The van der Waals surface area contributed by atoms with Gasteiger partial charge in [-0.2, -0.15) is 0 Å². The molecule has 0 bridgehead atoms. The van der Waals surface area contributed by atoms with Gasteiger partial charge in [0.2, 0.25) is 10.0 Å². The van der Waals surface area contributed by atoms with Gasteiger partial charge >= 0.3 is 0 Å². The van der Waals surface area contributed by atoms with Crippen molar-refractivity contribution in [2.45, 2.75) is 56.2 Å². The van der Waals surface area contributed by atoms with Gasteiger partial charge in [0, 0.05) is 19.1 Å². The van der Waals surface area contributed by atoms with Crippen LogP contribution in [0.2, 0.25) is 0 Å². The van der Waals surface area contributed by atoms with Gasteiger partial charge in [0.25, 0.3) is 0 Å². The summed E-state index contributed by atoms with van der Waals surface area (Å²) in [5, 5.41) is 3.60. The normalized spacial score (nSPS) is 29.7. The van der Waals surface area contributed by atoms with Crippen molar-refractivity contribution in [2.75, 3.05) is 19.6 Å². The van der Waals surface area contributed by atoms with E-state index in [0.29, 0.717) is 19.1 Å². The highest BCUT2D eigenvalue weighted by Gasteiger charge is 2.41. The maximum atomic E-state index is 12.2. The molecule has 4 nitrogen and oxygen atoms in total. The molecule has 5 heteroatoms. The predicted octanol–water partition coefficient (Wildman–Crippen LogP) is 1.89. The second-order valence-corrected chi connectivity index (χ2v) is 8.69. The minimum Gasteiger partial charge on any atom is -0.314 e. The average molecular weight is 298 g/mol. The van der Waals surface area contributed by atoms with Crippen LogP contribution in [0.3, 0.4) is 0 Å². The van der Waals surface area contributed by atoms with Crippen LogP contribution < -0.4 is 5.32 Å². The number of nitrogens with one attached hydrogen (secondary N) is 1. The van der Waals surface area contributed by atoms with Gasteiger partial charge in [-0.1, -0.05) is 12.2 Å². The van der Waals surface area contributed by atoms with E-state index in [1.807, 2.05) is 0 Å². The van der Waals surface area contributed by atoms with Crippen LogP contribution in [0.15, 0.2) is 12.2 Å². The van der Waals surface area contributed by atoms with Crippen molar-refractivity contribution in [1.82, 2.24) is 9.62 Å². The summed E-state index contributed by atoms with van der Waals surface area (Å²) < 4.78 is 26.0. The van der Waals surface area contributed by atoms with Gasteiger partial charge < -0.3 is 5.32 Å². The Morgan fingerprint density at radius 3 is 2.40 bits per heavy atom. The number of rotatable bonds is 5. The fourth-order valence-corrected chi connectivity index (χ4v) is 5.14. The maximum Gasteiger partial charge on any atom is 0.216 e. The molecule has 1 aliphatic heterocycles. The molecule has 1 atom stereocenters. The number of piperidine rings is 1. The molecule has 2 fully saturated rings. The zero-order chi connectivity index (χ0) is 14.0. The van der Waals surface area contributed by atoms with Crippen LogP contribution in [0, 0.1) is 5.92 Å². The first kappa shape index (κ1) is 14.5. The highest BCUT2D eigenvalue weighted by molar-refractivity contribution is 7.90. The van der Waals surface area contributed by atoms with Gasteiger partial charge in [-0.3, -0.25) is 0 Å². The summed E-state index contributed by atoms with van der Waals surface area (Å²) in [6.45, 7) is 2.51. The van der Waals surface area contributed by atoms with Crippen molar-refractivity contribution >= 4 is 10.0 Å². The summed E-state index contributed by atoms with van der Waals surface area (Å²) in [5.74, 6) is 0.772. The molecular formula is C15H26N2O2S. The van der Waals surface area contributed by atoms with Crippen LogP contribution in [0.5, 0.6) is 0 Å². The molecule has 1 saturated heterocycles. The third kappa shape index (κ3) is 3.43. The summed E-state index contributed by atoms with van der Waals surface area (Å²) in [4.78, 5) is 0. The van der Waals surface area contributed by atoms with E-state index in [4.69, 9.17) is 0 Å². The Hall–Kier alpha value is -0.390. The molecule has 0 aromatic carbocycles. The standard InChI is InChI=1S/C15H26N2O2S/c18-20(19,15-6-7-15)17-10-8-14(9-11-17)16-12-13-4-2-1-3-5-13/h1-2,13-16H,3-12H2. The Bertz CT molecular complexity index is 448. The number of hydrogen-bond donors (Lipinski definition) is 1. The largest absolute Gasteiger partial charge is 0.314 e. The van der Waals surface area contributed by atoms with Crippen molar-refractivity contribution < 1.29 is 8.42 Å². The minimum absolute atomic E-state index is 0.0546. The molecule has 0 radical (unpaired) electrons. The van der Waals surface area contributed by atoms with Crippen molar-refractivity contribution in [2.24, 2.45) is 5.92 Å². The second kappa shape index (κ2) is 6.16. The van der Waals surface area contributed by atoms with Crippen LogP contribution in [0.25, 0.3) is 0 Å². The van der Waals surface area contributed by atoms with Gasteiger partial charge in [-0.05, 0) is 57.4 Å². The number of allylic oxidation sites excluding steroid dienone is 2. The van der Waals surface area contributed by atoms with E-state index in [0.717, 1.165) is 38.1 Å². The minimum atomic E-state index is -2.95. The Morgan fingerprint density at radius 1 is 1.05 bits per heavy atom. The van der Waals surface area contributed by atoms with Crippen molar-refractivity contribution in [3.63, 3.8) is 0 Å². The van der Waals surface area contributed by atoms with Gasteiger partial charge in [0.15, 0.2) is 0 Å². The van der Waals surface area contributed by atoms with E-state index in [1.54, 1.807) is 4.31 Å². The highest BCUT2D eigenvalue weighted by atomic mass is 32.2. The van der Waals surface area contributed by atoms with E-state index in [9.17, 15) is 8.42 Å². The van der Waals surface area contributed by atoms with E-state index in [-0.39, 0.29) is 5.25 Å². The van der Waals surface area contributed by atoms with Crippen molar-refractivity contribution in [1.29, 1.82) is 0 Å². The van der Waals surface area contributed by atoms with Gasteiger partial charge in [0.05, 0.1) is 5.25 Å². The molecule has 1 saturated carbocycles. The van der Waals surface area contributed by atoms with Crippen LogP contribution in [0.4, 0.5) is 0 Å². The smallest absolute Gasteiger partial charge is 0.216 e. The fraction of sp³-hybridized carbons (Fsp3) is 0.867. The summed E-state index contributed by atoms with van der Waals surface area (Å²) >= 11 is 0. The van der Waals surface area contributed by atoms with E-state index < -0.39 is 10.0 Å². The highest BCUT2D eigenvalue weighted by Crippen LogP contribution is 2.32. The van der Waals surface area contributed by atoms with Crippen LogP contribution in [0.1, 0.15) is 44.9 Å². The first-order chi connectivity index (χ1) is 9.66. The SMILES string of the molecule is O=S(=O)(C1CC1)N1CCC(NCC2CC=CCC2)CC1. The zero-order valence-electron chi connectivity index (χ0n) is 12.1. The van der Waals surface area contributed by atoms with E-state index in [2.05, 4.69) is 17.5 Å². The molecule has 1 unspecified atom stereocenters. The summed E-state index contributed by atoms with van der Waals surface area (Å²) in [6, 6.07) is 0.506. The summed E-state index contributed by atoms with van der Waals surface area (Å²) in [5.41, 5.74) is 0. The first-order valence-electron chi connectivity index (χ1n) is 8.03. The molecule has 3 rings (SSSR count). The topological polar surface area (TPSA) is 49.4 Å². The maximum absolute atomic E-state index is 12.2. The van der Waals surface area contributed by atoms with E-state index in [1.165, 1.54) is 19.3 Å². The molecular weight excluding hydrogens is 272 g/mol. The quantitative estimate of drug-likeness (QED) is 0.789. The van der Waals surface area contributed by atoms with Gasteiger partial charge in [-0.25, -0.2) is 12.7 Å². The first-order valence-corrected chi connectivity index (χ1v) is 9.54. The lowest BCUT2D eigenvalue weighted by Crippen LogP contribution is -2.46. The Labute approximate surface area is 122 Å². The lowest BCUT2D eigenvalue weighted by molar-refractivity contribution is 0.277. The van der Waals surface area contributed by atoms with Gasteiger partial charge in [0.1, 0.15) is 0 Å². The molecule has 1 heterocycles. The molecule has 2 aliphatic carbocycles. The third-order valence-electron chi connectivity index (χ3n) is 4.83. The van der Waals surface area contributed by atoms with Crippen molar-refractivity contribution in [3.05, 3.63) is 12.2 Å². The monoisotopic (exact) mass is 298 g/mol. The Balaban J connectivity index is 1.41. The average Bonchev–Trinajstić information content (AvgIpc) is 3.32. The zero-order valence-corrected chi connectivity index (χ0v) is 12.9. The molecule has 3 aliphatic rings. The Kier molecular flexibility index (Phi) is 4.48.